The number of rotatable bonds is 7. The molecule has 5 nitrogen and oxygen atoms in total. The summed E-state index contributed by atoms with van der Waals surface area (Å²) in [6.07, 6.45) is -0.00641. The molecule has 3 rings (SSSR count). The fourth-order valence-electron chi connectivity index (χ4n) is 2.88. The van der Waals surface area contributed by atoms with Gasteiger partial charge in [-0.2, -0.15) is 0 Å². The zero-order chi connectivity index (χ0) is 17.8. The molecule has 1 N–H and O–H groups in total. The van der Waals surface area contributed by atoms with Crippen molar-refractivity contribution in [3.8, 4) is 5.75 Å². The van der Waals surface area contributed by atoms with Gasteiger partial charge in [-0.3, -0.25) is 9.13 Å². The number of aryl methyl sites for hydroxylation is 1. The average Bonchev–Trinajstić information content (AvgIpc) is 2.88. The molecule has 0 amide bonds. The molecular formula is C19H21FN2O3. The number of halogens is 1. The third-order valence-corrected chi connectivity index (χ3v) is 4.02. The van der Waals surface area contributed by atoms with Gasteiger partial charge in [0.25, 0.3) is 0 Å². The number of fused-ring (bicyclic) bond motifs is 1. The minimum atomic E-state index is -0.858. The maximum absolute atomic E-state index is 12.9. The fourth-order valence-corrected chi connectivity index (χ4v) is 2.88. The number of imidazole rings is 1. The van der Waals surface area contributed by atoms with Crippen LogP contribution in [0.2, 0.25) is 0 Å². The lowest BCUT2D eigenvalue weighted by molar-refractivity contribution is 0.0924. The number of hydrogen-bond acceptors (Lipinski definition) is 3. The van der Waals surface area contributed by atoms with Gasteiger partial charge >= 0.3 is 5.69 Å². The second-order valence-electron chi connectivity index (χ2n) is 5.95. The first-order valence-electron chi connectivity index (χ1n) is 8.34. The highest BCUT2D eigenvalue weighted by molar-refractivity contribution is 5.76. The Kier molecular flexibility index (Phi) is 5.19. The summed E-state index contributed by atoms with van der Waals surface area (Å²) in [5.41, 5.74) is 1.52. The van der Waals surface area contributed by atoms with Crippen molar-refractivity contribution < 1.29 is 14.2 Å². The summed E-state index contributed by atoms with van der Waals surface area (Å²) >= 11 is 0. The Labute approximate surface area is 144 Å². The molecule has 6 heteroatoms. The summed E-state index contributed by atoms with van der Waals surface area (Å²) in [6, 6.07) is 13.1. The molecule has 0 saturated carbocycles. The van der Waals surface area contributed by atoms with Crippen LogP contribution in [0.1, 0.15) is 13.3 Å². The molecule has 0 unspecified atom stereocenters. The van der Waals surface area contributed by atoms with Gasteiger partial charge in [-0.1, -0.05) is 19.1 Å². The zero-order valence-corrected chi connectivity index (χ0v) is 14.1. The number of para-hydroxylation sites is 2. The Balaban J connectivity index is 1.76. The van der Waals surface area contributed by atoms with Gasteiger partial charge < -0.3 is 9.84 Å². The van der Waals surface area contributed by atoms with Gasteiger partial charge in [-0.15, -0.1) is 0 Å². The van der Waals surface area contributed by atoms with E-state index < -0.39 is 6.10 Å². The van der Waals surface area contributed by atoms with E-state index in [0.29, 0.717) is 12.3 Å². The molecular weight excluding hydrogens is 323 g/mol. The third-order valence-electron chi connectivity index (χ3n) is 4.02. The topological polar surface area (TPSA) is 56.4 Å². The van der Waals surface area contributed by atoms with E-state index in [-0.39, 0.29) is 24.7 Å². The van der Waals surface area contributed by atoms with Gasteiger partial charge in [0.15, 0.2) is 0 Å². The van der Waals surface area contributed by atoms with Crippen LogP contribution in [0.3, 0.4) is 0 Å². The number of aliphatic hydroxyl groups excluding tert-OH is 1. The maximum Gasteiger partial charge on any atom is 0.329 e. The van der Waals surface area contributed by atoms with E-state index >= 15 is 0 Å². The largest absolute Gasteiger partial charge is 0.491 e. The lowest BCUT2D eigenvalue weighted by Gasteiger charge is -2.13. The molecule has 25 heavy (non-hydrogen) atoms. The van der Waals surface area contributed by atoms with E-state index in [2.05, 4.69) is 0 Å². The van der Waals surface area contributed by atoms with Crippen LogP contribution in [0.15, 0.2) is 53.3 Å². The Bertz CT molecular complexity index is 899. The fraction of sp³-hybridized carbons (Fsp3) is 0.316. The highest BCUT2D eigenvalue weighted by Gasteiger charge is 2.15. The quantitative estimate of drug-likeness (QED) is 0.717. The molecule has 1 atom stereocenters. The van der Waals surface area contributed by atoms with Crippen molar-refractivity contribution in [2.45, 2.75) is 32.5 Å². The predicted octanol–water partition coefficient (Wildman–Crippen LogP) is 2.79. The van der Waals surface area contributed by atoms with Crippen LogP contribution in [0.5, 0.6) is 5.75 Å². The van der Waals surface area contributed by atoms with E-state index in [4.69, 9.17) is 4.74 Å². The summed E-state index contributed by atoms with van der Waals surface area (Å²) in [5, 5.41) is 10.3. The first-order chi connectivity index (χ1) is 12.1. The highest BCUT2D eigenvalue weighted by Crippen LogP contribution is 2.15. The van der Waals surface area contributed by atoms with Gasteiger partial charge in [0.05, 0.1) is 17.6 Å². The second kappa shape index (κ2) is 7.53. The van der Waals surface area contributed by atoms with E-state index in [0.717, 1.165) is 17.5 Å². The summed E-state index contributed by atoms with van der Waals surface area (Å²) < 4.78 is 21.6. The molecule has 0 aliphatic rings. The van der Waals surface area contributed by atoms with Crippen molar-refractivity contribution in [2.75, 3.05) is 6.61 Å². The average molecular weight is 344 g/mol. The van der Waals surface area contributed by atoms with Crippen molar-refractivity contribution in [1.82, 2.24) is 9.13 Å². The molecule has 0 aliphatic heterocycles. The lowest BCUT2D eigenvalue weighted by atomic mass is 10.3. The van der Waals surface area contributed by atoms with Crippen molar-refractivity contribution in [3.63, 3.8) is 0 Å². The first kappa shape index (κ1) is 17.2. The SMILES string of the molecule is CCCn1c(=O)n(C[C@@H](O)COc2ccc(F)cc2)c2ccccc21. The van der Waals surface area contributed by atoms with Gasteiger partial charge in [-0.05, 0) is 42.8 Å². The summed E-state index contributed by atoms with van der Waals surface area (Å²) in [6.45, 7) is 2.81. The van der Waals surface area contributed by atoms with Gasteiger partial charge in [0, 0.05) is 6.54 Å². The van der Waals surface area contributed by atoms with Crippen LogP contribution in [0.25, 0.3) is 11.0 Å². The normalized spacial score (nSPS) is 12.4. The number of benzene rings is 2. The van der Waals surface area contributed by atoms with Gasteiger partial charge in [-0.25, -0.2) is 9.18 Å². The number of hydrogen-bond donors (Lipinski definition) is 1. The Morgan fingerprint density at radius 1 is 1.08 bits per heavy atom. The lowest BCUT2D eigenvalue weighted by Crippen LogP contribution is -2.31. The minimum absolute atomic E-state index is 0.0192. The zero-order valence-electron chi connectivity index (χ0n) is 14.1. The van der Waals surface area contributed by atoms with Crippen molar-refractivity contribution in [1.29, 1.82) is 0 Å². The number of ether oxygens (including phenoxy) is 1. The Morgan fingerprint density at radius 3 is 2.36 bits per heavy atom. The predicted molar refractivity (Wildman–Crippen MR) is 94.4 cm³/mol. The van der Waals surface area contributed by atoms with Crippen LogP contribution >= 0.6 is 0 Å². The van der Waals surface area contributed by atoms with Crippen molar-refractivity contribution >= 4 is 11.0 Å². The Hall–Kier alpha value is -2.60. The molecule has 0 spiro atoms. The highest BCUT2D eigenvalue weighted by atomic mass is 19.1. The molecule has 2 aromatic carbocycles. The number of aromatic nitrogens is 2. The van der Waals surface area contributed by atoms with Crippen LogP contribution < -0.4 is 10.4 Å². The second-order valence-corrected chi connectivity index (χ2v) is 5.95. The van der Waals surface area contributed by atoms with Crippen molar-refractivity contribution in [3.05, 3.63) is 64.8 Å². The molecule has 0 aliphatic carbocycles. The number of aliphatic hydroxyl groups is 1. The van der Waals surface area contributed by atoms with Crippen LogP contribution in [-0.2, 0) is 13.1 Å². The molecule has 0 bridgehead atoms. The molecule has 0 fully saturated rings. The maximum atomic E-state index is 12.9. The van der Waals surface area contributed by atoms with Crippen LogP contribution in [0, 0.1) is 5.82 Å². The smallest absolute Gasteiger partial charge is 0.329 e. The van der Waals surface area contributed by atoms with E-state index in [1.54, 1.807) is 9.13 Å². The summed E-state index contributed by atoms with van der Waals surface area (Å²) in [4.78, 5) is 12.7. The molecule has 3 aromatic rings. The van der Waals surface area contributed by atoms with Crippen LogP contribution in [0.4, 0.5) is 4.39 Å². The monoisotopic (exact) mass is 344 g/mol. The Morgan fingerprint density at radius 2 is 1.72 bits per heavy atom. The van der Waals surface area contributed by atoms with Gasteiger partial charge in [0.1, 0.15) is 24.3 Å². The first-order valence-corrected chi connectivity index (χ1v) is 8.34. The molecule has 1 aromatic heterocycles. The molecule has 0 radical (unpaired) electrons. The minimum Gasteiger partial charge on any atom is -0.491 e. The van der Waals surface area contributed by atoms with Crippen molar-refractivity contribution in [2.24, 2.45) is 0 Å². The summed E-state index contributed by atoms with van der Waals surface area (Å²) in [5.74, 6) is 0.129. The standard InChI is InChI=1S/C19H21FN2O3/c1-2-11-21-17-5-3-4-6-18(17)22(19(21)24)12-15(23)13-25-16-9-7-14(20)8-10-16/h3-10,15,23H,2,11-13H2,1H3/t15-/m1/s1. The van der Waals surface area contributed by atoms with Gasteiger partial charge in [0.2, 0.25) is 0 Å². The summed E-state index contributed by atoms with van der Waals surface area (Å²) in [7, 11) is 0. The van der Waals surface area contributed by atoms with E-state index in [1.165, 1.54) is 24.3 Å². The number of nitrogens with zero attached hydrogens (tertiary/aromatic N) is 2. The van der Waals surface area contributed by atoms with E-state index in [1.807, 2.05) is 31.2 Å². The third kappa shape index (κ3) is 3.74. The molecule has 0 saturated heterocycles. The van der Waals surface area contributed by atoms with E-state index in [9.17, 15) is 14.3 Å². The molecule has 1 heterocycles. The molecule has 132 valence electrons. The van der Waals surface area contributed by atoms with Crippen LogP contribution in [-0.4, -0.2) is 27.0 Å².